The monoisotopic (exact) mass is 375 g/mol. The lowest BCUT2D eigenvalue weighted by Crippen LogP contribution is -3.00. The summed E-state index contributed by atoms with van der Waals surface area (Å²) in [4.78, 5) is 0. The number of thiazole rings is 1. The minimum Gasteiger partial charge on any atom is -1.00 e. The molecule has 0 atom stereocenters. The van der Waals surface area contributed by atoms with Gasteiger partial charge in [-0.3, -0.25) is 0 Å². The van der Waals surface area contributed by atoms with Crippen LogP contribution in [-0.2, 0) is 6.54 Å². The van der Waals surface area contributed by atoms with Gasteiger partial charge in [-0.15, -0.1) is 0 Å². The summed E-state index contributed by atoms with van der Waals surface area (Å²) in [7, 11) is 0. The maximum Gasteiger partial charge on any atom is 0.235 e. The third kappa shape index (κ3) is 3.92. The van der Waals surface area contributed by atoms with Crippen molar-refractivity contribution in [3.63, 3.8) is 0 Å². The van der Waals surface area contributed by atoms with Crippen LogP contribution >= 0.6 is 11.3 Å². The Morgan fingerprint density at radius 2 is 1.78 bits per heavy atom. The molecule has 0 bridgehead atoms. The molecule has 2 rings (SSSR count). The molecule has 3 heteroatoms. The Hall–Kier alpha value is -0.160. The fraction of sp³-hybridized carbons (Fsp3) is 0.533. The highest BCUT2D eigenvalue weighted by Crippen LogP contribution is 2.19. The van der Waals surface area contributed by atoms with E-state index < -0.39 is 0 Å². The zero-order chi connectivity index (χ0) is 12.1. The molecule has 0 aliphatic heterocycles. The first-order valence-electron chi connectivity index (χ1n) is 6.71. The average Bonchev–Trinajstić information content (AvgIpc) is 2.65. The highest BCUT2D eigenvalue weighted by Gasteiger charge is 2.15. The summed E-state index contributed by atoms with van der Waals surface area (Å²) >= 11 is 1.91. The number of halogens is 1. The van der Waals surface area contributed by atoms with Crippen LogP contribution in [-0.4, -0.2) is 0 Å². The number of para-hydroxylation sites is 1. The van der Waals surface area contributed by atoms with Crippen molar-refractivity contribution in [2.75, 3.05) is 0 Å². The molecule has 1 aromatic carbocycles. The van der Waals surface area contributed by atoms with Gasteiger partial charge < -0.3 is 24.0 Å². The SMILES string of the molecule is CCCCCCC[n+]1c(C)sc2ccccc21.[I-]. The number of aryl methyl sites for hydroxylation is 2. The van der Waals surface area contributed by atoms with E-state index in [0.29, 0.717) is 0 Å². The fourth-order valence-corrected chi connectivity index (χ4v) is 3.35. The number of hydrogen-bond donors (Lipinski definition) is 0. The second-order valence-corrected chi connectivity index (χ2v) is 5.89. The maximum absolute atomic E-state index is 2.48. The second kappa shape index (κ2) is 8.10. The summed E-state index contributed by atoms with van der Waals surface area (Å²) in [5, 5.41) is 1.43. The molecular formula is C15H22INS. The van der Waals surface area contributed by atoms with Crippen molar-refractivity contribution in [1.82, 2.24) is 0 Å². The summed E-state index contributed by atoms with van der Waals surface area (Å²) in [6.45, 7) is 5.68. The van der Waals surface area contributed by atoms with Crippen molar-refractivity contribution in [2.45, 2.75) is 52.5 Å². The van der Waals surface area contributed by atoms with E-state index in [-0.39, 0.29) is 24.0 Å². The largest absolute Gasteiger partial charge is 1.00 e. The molecule has 0 N–H and O–H groups in total. The average molecular weight is 375 g/mol. The Kier molecular flexibility index (Phi) is 7.15. The number of rotatable bonds is 6. The molecule has 1 aromatic heterocycles. The van der Waals surface area contributed by atoms with E-state index in [2.05, 4.69) is 42.7 Å². The Labute approximate surface area is 131 Å². The number of unbranched alkanes of at least 4 members (excludes halogenated alkanes) is 4. The lowest BCUT2D eigenvalue weighted by Gasteiger charge is -1.98. The zero-order valence-corrected chi connectivity index (χ0v) is 14.3. The number of fused-ring (bicyclic) bond motifs is 1. The van der Waals surface area contributed by atoms with Crippen LogP contribution in [0.5, 0.6) is 0 Å². The molecule has 0 saturated carbocycles. The first-order valence-corrected chi connectivity index (χ1v) is 7.52. The maximum atomic E-state index is 2.48. The van der Waals surface area contributed by atoms with Crippen LogP contribution in [0.1, 0.15) is 44.0 Å². The smallest absolute Gasteiger partial charge is 0.235 e. The van der Waals surface area contributed by atoms with Gasteiger partial charge in [0.05, 0.1) is 0 Å². The van der Waals surface area contributed by atoms with Gasteiger partial charge in [0.15, 0.2) is 0 Å². The summed E-state index contributed by atoms with van der Waals surface area (Å²) in [5.41, 5.74) is 1.41. The second-order valence-electron chi connectivity index (χ2n) is 4.65. The van der Waals surface area contributed by atoms with Crippen LogP contribution in [0.25, 0.3) is 10.2 Å². The molecule has 0 aliphatic carbocycles. The lowest BCUT2D eigenvalue weighted by atomic mass is 10.1. The van der Waals surface area contributed by atoms with Crippen molar-refractivity contribution < 1.29 is 28.5 Å². The molecule has 1 heterocycles. The lowest BCUT2D eigenvalue weighted by molar-refractivity contribution is -0.673. The van der Waals surface area contributed by atoms with E-state index in [9.17, 15) is 0 Å². The van der Waals surface area contributed by atoms with Gasteiger partial charge in [-0.05, 0) is 12.5 Å². The number of benzene rings is 1. The summed E-state index contributed by atoms with van der Waals surface area (Å²) in [6, 6.07) is 8.73. The van der Waals surface area contributed by atoms with Crippen molar-refractivity contribution in [2.24, 2.45) is 0 Å². The van der Waals surface area contributed by atoms with Crippen LogP contribution < -0.4 is 28.5 Å². The molecule has 0 saturated heterocycles. The third-order valence-electron chi connectivity index (χ3n) is 3.28. The zero-order valence-electron chi connectivity index (χ0n) is 11.3. The quantitative estimate of drug-likeness (QED) is 0.409. The van der Waals surface area contributed by atoms with Gasteiger partial charge in [0.1, 0.15) is 11.2 Å². The van der Waals surface area contributed by atoms with E-state index >= 15 is 0 Å². The van der Waals surface area contributed by atoms with Crippen molar-refractivity contribution in [3.8, 4) is 0 Å². The molecule has 1 nitrogen and oxygen atoms in total. The highest BCUT2D eigenvalue weighted by atomic mass is 127. The van der Waals surface area contributed by atoms with Crippen LogP contribution in [0.2, 0.25) is 0 Å². The highest BCUT2D eigenvalue weighted by molar-refractivity contribution is 7.18. The number of nitrogens with zero attached hydrogens (tertiary/aromatic N) is 1. The Bertz CT molecular complexity index is 478. The molecule has 0 radical (unpaired) electrons. The Morgan fingerprint density at radius 1 is 1.06 bits per heavy atom. The van der Waals surface area contributed by atoms with Crippen LogP contribution in [0.15, 0.2) is 24.3 Å². The minimum atomic E-state index is 0. The third-order valence-corrected chi connectivity index (χ3v) is 4.36. The van der Waals surface area contributed by atoms with Gasteiger partial charge in [0.2, 0.25) is 10.5 Å². The number of hydrogen-bond acceptors (Lipinski definition) is 1. The van der Waals surface area contributed by atoms with Crippen molar-refractivity contribution in [3.05, 3.63) is 29.3 Å². The Balaban J connectivity index is 0.00000162. The van der Waals surface area contributed by atoms with Crippen molar-refractivity contribution in [1.29, 1.82) is 0 Å². The van der Waals surface area contributed by atoms with E-state index in [0.717, 1.165) is 0 Å². The van der Waals surface area contributed by atoms with Gasteiger partial charge in [-0.25, -0.2) is 0 Å². The summed E-state index contributed by atoms with van der Waals surface area (Å²) in [6.07, 6.45) is 6.77. The Morgan fingerprint density at radius 3 is 2.56 bits per heavy atom. The van der Waals surface area contributed by atoms with E-state index in [1.165, 1.54) is 53.9 Å². The van der Waals surface area contributed by atoms with Crippen LogP contribution in [0.4, 0.5) is 0 Å². The molecular weight excluding hydrogens is 353 g/mol. The molecule has 0 spiro atoms. The first kappa shape index (κ1) is 15.9. The summed E-state index contributed by atoms with van der Waals surface area (Å²) in [5.74, 6) is 0. The number of aromatic nitrogens is 1. The first-order chi connectivity index (χ1) is 8.33. The molecule has 0 fully saturated rings. The van der Waals surface area contributed by atoms with Crippen molar-refractivity contribution >= 4 is 21.6 Å². The molecule has 0 unspecified atom stereocenters. The minimum absolute atomic E-state index is 0. The van der Waals surface area contributed by atoms with E-state index in [1.807, 2.05) is 11.3 Å². The van der Waals surface area contributed by atoms with E-state index in [1.54, 1.807) is 0 Å². The standard InChI is InChI=1S/C15H22NS.HI/c1-3-4-5-6-9-12-16-13(2)17-15-11-8-7-10-14(15)16;/h7-8,10-11H,3-6,9,12H2,1-2H3;1H/q+1;/p-1. The molecule has 100 valence electrons. The van der Waals surface area contributed by atoms with Gasteiger partial charge >= 0.3 is 0 Å². The van der Waals surface area contributed by atoms with Gasteiger partial charge in [0, 0.05) is 19.4 Å². The predicted octanol–water partition coefficient (Wildman–Crippen LogP) is 1.47. The topological polar surface area (TPSA) is 3.88 Å². The van der Waals surface area contributed by atoms with Gasteiger partial charge in [-0.1, -0.05) is 49.7 Å². The van der Waals surface area contributed by atoms with Crippen LogP contribution in [0.3, 0.4) is 0 Å². The van der Waals surface area contributed by atoms with Gasteiger partial charge in [-0.2, -0.15) is 4.57 Å². The molecule has 2 aromatic rings. The molecule has 0 aliphatic rings. The normalized spacial score (nSPS) is 10.6. The predicted molar refractivity (Wildman–Crippen MR) is 75.5 cm³/mol. The fourth-order valence-electron chi connectivity index (χ4n) is 2.30. The van der Waals surface area contributed by atoms with E-state index in [4.69, 9.17) is 0 Å². The molecule has 18 heavy (non-hydrogen) atoms. The van der Waals surface area contributed by atoms with Gasteiger partial charge in [0.25, 0.3) is 0 Å². The van der Waals surface area contributed by atoms with Crippen LogP contribution in [0, 0.1) is 6.92 Å². The summed E-state index contributed by atoms with van der Waals surface area (Å²) < 4.78 is 3.89. The molecule has 0 amide bonds.